The highest BCUT2D eigenvalue weighted by molar-refractivity contribution is 5.97. The van der Waals surface area contributed by atoms with E-state index in [0.29, 0.717) is 29.7 Å². The van der Waals surface area contributed by atoms with Gasteiger partial charge in [-0.05, 0) is 63.0 Å². The fraction of sp³-hybridized carbons (Fsp3) is 0.680. The molecule has 2 amide bonds. The zero-order valence-electron chi connectivity index (χ0n) is 18.2. The van der Waals surface area contributed by atoms with Gasteiger partial charge in [-0.2, -0.15) is 0 Å². The van der Waals surface area contributed by atoms with Gasteiger partial charge in [0.05, 0.1) is 12.2 Å². The third-order valence-corrected chi connectivity index (χ3v) is 7.12. The first-order valence-corrected chi connectivity index (χ1v) is 12.0. The summed E-state index contributed by atoms with van der Waals surface area (Å²) in [5, 5.41) is 0. The van der Waals surface area contributed by atoms with Gasteiger partial charge in [-0.15, -0.1) is 0 Å². The molecule has 3 aliphatic rings. The Morgan fingerprint density at radius 2 is 1.47 bits per heavy atom. The number of hydrogen-bond donors (Lipinski definition) is 0. The maximum absolute atomic E-state index is 12.9. The number of amides is 2. The first-order valence-electron chi connectivity index (χ1n) is 12.0. The average molecular weight is 413 g/mol. The van der Waals surface area contributed by atoms with Crippen LogP contribution in [0.2, 0.25) is 0 Å². The number of carbonyl (C=O) groups is 2. The van der Waals surface area contributed by atoms with Crippen molar-refractivity contribution in [3.05, 3.63) is 29.8 Å². The lowest BCUT2D eigenvalue weighted by Crippen LogP contribution is -2.43. The fourth-order valence-corrected chi connectivity index (χ4v) is 5.17. The molecule has 0 spiro atoms. The normalized spacial score (nSPS) is 21.5. The molecule has 0 N–H and O–H groups in total. The van der Waals surface area contributed by atoms with Gasteiger partial charge in [-0.25, -0.2) is 0 Å². The Balaban J connectivity index is 1.27. The highest BCUT2D eigenvalue weighted by atomic mass is 16.5. The van der Waals surface area contributed by atoms with Crippen LogP contribution in [0.3, 0.4) is 0 Å². The molecule has 4 rings (SSSR count). The van der Waals surface area contributed by atoms with Gasteiger partial charge in [0.2, 0.25) is 5.91 Å². The minimum atomic E-state index is 0.0956. The summed E-state index contributed by atoms with van der Waals surface area (Å²) in [4.78, 5) is 29.7. The Labute approximate surface area is 180 Å². The van der Waals surface area contributed by atoms with Crippen molar-refractivity contribution in [3.63, 3.8) is 0 Å². The number of benzene rings is 1. The van der Waals surface area contributed by atoms with Crippen LogP contribution >= 0.6 is 0 Å². The van der Waals surface area contributed by atoms with Gasteiger partial charge in [0.25, 0.3) is 5.91 Å². The van der Waals surface area contributed by atoms with E-state index < -0.39 is 0 Å². The van der Waals surface area contributed by atoms with E-state index in [1.54, 1.807) is 0 Å². The number of para-hydroxylation sites is 1. The summed E-state index contributed by atoms with van der Waals surface area (Å²) in [5.41, 5.74) is 0.685. The van der Waals surface area contributed by atoms with E-state index in [1.165, 1.54) is 25.7 Å². The first kappa shape index (κ1) is 21.2. The van der Waals surface area contributed by atoms with Crippen LogP contribution in [0.1, 0.15) is 74.6 Å². The molecule has 3 fully saturated rings. The molecule has 0 aromatic heterocycles. The lowest BCUT2D eigenvalue weighted by molar-refractivity contribution is -0.138. The van der Waals surface area contributed by atoms with Crippen LogP contribution in [0.15, 0.2) is 24.3 Å². The smallest absolute Gasteiger partial charge is 0.257 e. The number of likely N-dealkylation sites (tertiary alicyclic amines) is 2. The quantitative estimate of drug-likeness (QED) is 0.715. The standard InChI is InChI=1S/C25H36N2O3/c28-24(21-9-3-1-4-10-21)27-17-13-20(14-18-27)19-30-23-12-6-5-11-22(23)25(29)26-15-7-2-8-16-26/h5-6,11-12,20-21H,1-4,7-10,13-19H2. The van der Waals surface area contributed by atoms with Crippen molar-refractivity contribution in [2.75, 3.05) is 32.8 Å². The van der Waals surface area contributed by atoms with Crippen LogP contribution in [0.4, 0.5) is 0 Å². The molecule has 0 unspecified atom stereocenters. The number of carbonyl (C=O) groups excluding carboxylic acids is 2. The second-order valence-electron chi connectivity index (χ2n) is 9.26. The Bertz CT molecular complexity index is 715. The van der Waals surface area contributed by atoms with Crippen molar-refractivity contribution in [1.29, 1.82) is 0 Å². The van der Waals surface area contributed by atoms with E-state index in [4.69, 9.17) is 4.74 Å². The number of ether oxygens (including phenoxy) is 1. The molecule has 30 heavy (non-hydrogen) atoms. The van der Waals surface area contributed by atoms with Gasteiger partial charge in [-0.1, -0.05) is 31.4 Å². The Morgan fingerprint density at radius 1 is 0.800 bits per heavy atom. The summed E-state index contributed by atoms with van der Waals surface area (Å²) in [6.45, 7) is 4.01. The molecular formula is C25H36N2O3. The van der Waals surface area contributed by atoms with Crippen molar-refractivity contribution in [2.24, 2.45) is 11.8 Å². The fourth-order valence-electron chi connectivity index (χ4n) is 5.17. The maximum atomic E-state index is 12.9. The summed E-state index contributed by atoms with van der Waals surface area (Å²) in [7, 11) is 0. The van der Waals surface area contributed by atoms with Crippen LogP contribution in [0.25, 0.3) is 0 Å². The number of piperidine rings is 2. The van der Waals surface area contributed by atoms with Crippen LogP contribution < -0.4 is 4.74 Å². The molecule has 1 saturated carbocycles. The van der Waals surface area contributed by atoms with E-state index in [9.17, 15) is 9.59 Å². The van der Waals surface area contributed by atoms with E-state index in [2.05, 4.69) is 4.90 Å². The molecule has 1 aromatic rings. The van der Waals surface area contributed by atoms with E-state index in [0.717, 1.165) is 64.7 Å². The Hall–Kier alpha value is -2.04. The largest absolute Gasteiger partial charge is 0.492 e. The summed E-state index contributed by atoms with van der Waals surface area (Å²) in [6.07, 6.45) is 11.2. The Kier molecular flexibility index (Phi) is 7.29. The molecule has 0 radical (unpaired) electrons. The third kappa shape index (κ3) is 5.16. The SMILES string of the molecule is O=C(c1ccccc1OCC1CCN(C(=O)C2CCCCC2)CC1)N1CCCCC1. The molecule has 5 nitrogen and oxygen atoms in total. The molecule has 164 valence electrons. The van der Waals surface area contributed by atoms with Gasteiger partial charge in [0, 0.05) is 32.1 Å². The van der Waals surface area contributed by atoms with Crippen LogP contribution in [0.5, 0.6) is 5.75 Å². The predicted molar refractivity (Wildman–Crippen MR) is 118 cm³/mol. The zero-order valence-corrected chi connectivity index (χ0v) is 18.2. The highest BCUT2D eigenvalue weighted by Crippen LogP contribution is 2.28. The molecule has 0 bridgehead atoms. The van der Waals surface area contributed by atoms with Crippen molar-refractivity contribution >= 4 is 11.8 Å². The molecule has 2 heterocycles. The van der Waals surface area contributed by atoms with Crippen LogP contribution in [-0.2, 0) is 4.79 Å². The third-order valence-electron chi connectivity index (χ3n) is 7.12. The van der Waals surface area contributed by atoms with Crippen molar-refractivity contribution in [2.45, 2.75) is 64.2 Å². The number of nitrogens with zero attached hydrogens (tertiary/aromatic N) is 2. The molecule has 0 atom stereocenters. The summed E-state index contributed by atoms with van der Waals surface area (Å²) < 4.78 is 6.15. The molecule has 2 aliphatic heterocycles. The summed E-state index contributed by atoms with van der Waals surface area (Å²) in [6, 6.07) is 7.66. The van der Waals surface area contributed by atoms with E-state index in [1.807, 2.05) is 29.2 Å². The molecule has 1 aromatic carbocycles. The minimum absolute atomic E-state index is 0.0956. The number of rotatable bonds is 5. The van der Waals surface area contributed by atoms with Gasteiger partial charge in [0.15, 0.2) is 0 Å². The van der Waals surface area contributed by atoms with Gasteiger partial charge >= 0.3 is 0 Å². The maximum Gasteiger partial charge on any atom is 0.257 e. The van der Waals surface area contributed by atoms with Crippen LogP contribution in [0, 0.1) is 11.8 Å². The van der Waals surface area contributed by atoms with Crippen LogP contribution in [-0.4, -0.2) is 54.4 Å². The summed E-state index contributed by atoms with van der Waals surface area (Å²) >= 11 is 0. The lowest BCUT2D eigenvalue weighted by Gasteiger charge is -2.35. The second-order valence-corrected chi connectivity index (χ2v) is 9.26. The van der Waals surface area contributed by atoms with Crippen molar-refractivity contribution in [1.82, 2.24) is 9.80 Å². The molecule has 5 heteroatoms. The van der Waals surface area contributed by atoms with Gasteiger partial charge in [0.1, 0.15) is 5.75 Å². The van der Waals surface area contributed by atoms with E-state index in [-0.39, 0.29) is 11.8 Å². The molecule has 2 saturated heterocycles. The summed E-state index contributed by atoms with van der Waals surface area (Å²) in [5.74, 6) is 1.89. The monoisotopic (exact) mass is 412 g/mol. The lowest BCUT2D eigenvalue weighted by atomic mass is 9.87. The average Bonchev–Trinajstić information content (AvgIpc) is 2.83. The molecular weight excluding hydrogens is 376 g/mol. The minimum Gasteiger partial charge on any atom is -0.492 e. The van der Waals surface area contributed by atoms with Crippen molar-refractivity contribution in [3.8, 4) is 5.75 Å². The molecule has 1 aliphatic carbocycles. The van der Waals surface area contributed by atoms with Gasteiger partial charge < -0.3 is 14.5 Å². The topological polar surface area (TPSA) is 49.9 Å². The number of hydrogen-bond acceptors (Lipinski definition) is 3. The predicted octanol–water partition coefficient (Wildman–Crippen LogP) is 4.51. The first-order chi connectivity index (χ1) is 14.7. The van der Waals surface area contributed by atoms with E-state index >= 15 is 0 Å². The van der Waals surface area contributed by atoms with Gasteiger partial charge in [-0.3, -0.25) is 9.59 Å². The second kappa shape index (κ2) is 10.3. The highest BCUT2D eigenvalue weighted by Gasteiger charge is 2.29. The zero-order chi connectivity index (χ0) is 20.8. The van der Waals surface area contributed by atoms with Crippen molar-refractivity contribution < 1.29 is 14.3 Å². The Morgan fingerprint density at radius 3 is 2.20 bits per heavy atom.